The number of hydrogen-bond acceptors (Lipinski definition) is 4. The van der Waals surface area contributed by atoms with Gasteiger partial charge >= 0.3 is 5.97 Å². The van der Waals surface area contributed by atoms with Crippen LogP contribution in [0.5, 0.6) is 0 Å². The average molecular weight is 307 g/mol. The summed E-state index contributed by atoms with van der Waals surface area (Å²) < 4.78 is 31.0. The first-order chi connectivity index (χ1) is 10.4. The number of non-ortho nitro benzene ring substituents is 1. The molecule has 0 aromatic heterocycles. The van der Waals surface area contributed by atoms with E-state index >= 15 is 0 Å². The Morgan fingerprint density at radius 1 is 1.18 bits per heavy atom. The molecule has 0 saturated heterocycles. The van der Waals surface area contributed by atoms with Crippen LogP contribution < -0.4 is 0 Å². The lowest BCUT2D eigenvalue weighted by Gasteiger charge is -2.13. The van der Waals surface area contributed by atoms with Crippen molar-refractivity contribution in [2.45, 2.75) is 13.0 Å². The lowest BCUT2D eigenvalue weighted by molar-refractivity contribution is -0.385. The third-order valence-corrected chi connectivity index (χ3v) is 2.99. The summed E-state index contributed by atoms with van der Waals surface area (Å²) in [5, 5.41) is 10.7. The number of nitro benzene ring substituents is 1. The van der Waals surface area contributed by atoms with Crippen LogP contribution in [0.2, 0.25) is 0 Å². The van der Waals surface area contributed by atoms with Crippen molar-refractivity contribution in [3.05, 3.63) is 75.3 Å². The third-order valence-electron chi connectivity index (χ3n) is 2.99. The molecule has 0 aliphatic rings. The Balaban J connectivity index is 2.15. The molecule has 2 aromatic carbocycles. The van der Waals surface area contributed by atoms with Gasteiger partial charge in [0.1, 0.15) is 6.10 Å². The molecule has 0 amide bonds. The van der Waals surface area contributed by atoms with Gasteiger partial charge in [-0.05, 0) is 30.7 Å². The van der Waals surface area contributed by atoms with E-state index in [-0.39, 0.29) is 11.3 Å². The third kappa shape index (κ3) is 3.43. The fraction of sp³-hybridized carbons (Fsp3) is 0.133. The SMILES string of the molecule is CC(OC(=O)c1ccc(F)c(F)c1)c1cccc([N+](=O)[O-])c1. The molecular formula is C15H11F2NO4. The Morgan fingerprint density at radius 2 is 1.91 bits per heavy atom. The summed E-state index contributed by atoms with van der Waals surface area (Å²) in [6, 6.07) is 8.28. The van der Waals surface area contributed by atoms with Gasteiger partial charge in [-0.25, -0.2) is 13.6 Å². The van der Waals surface area contributed by atoms with Gasteiger partial charge in [0, 0.05) is 12.1 Å². The Labute approximate surface area is 124 Å². The van der Waals surface area contributed by atoms with Crippen molar-refractivity contribution in [1.82, 2.24) is 0 Å². The lowest BCUT2D eigenvalue weighted by Crippen LogP contribution is -2.10. The summed E-state index contributed by atoms with van der Waals surface area (Å²) in [7, 11) is 0. The molecule has 0 aliphatic heterocycles. The van der Waals surface area contributed by atoms with Crippen LogP contribution in [0.25, 0.3) is 0 Å². The molecule has 2 rings (SSSR count). The summed E-state index contributed by atoms with van der Waals surface area (Å²) >= 11 is 0. The maximum atomic E-state index is 13.1. The molecule has 2 aromatic rings. The number of nitro groups is 1. The van der Waals surface area contributed by atoms with Crippen molar-refractivity contribution in [2.24, 2.45) is 0 Å². The molecule has 22 heavy (non-hydrogen) atoms. The minimum Gasteiger partial charge on any atom is -0.454 e. The number of esters is 1. The summed E-state index contributed by atoms with van der Waals surface area (Å²) in [6.07, 6.45) is -0.777. The van der Waals surface area contributed by atoms with Crippen LogP contribution in [0.4, 0.5) is 14.5 Å². The van der Waals surface area contributed by atoms with Crippen molar-refractivity contribution < 1.29 is 23.2 Å². The van der Waals surface area contributed by atoms with E-state index in [2.05, 4.69) is 0 Å². The number of rotatable bonds is 4. The quantitative estimate of drug-likeness (QED) is 0.489. The van der Waals surface area contributed by atoms with Gasteiger partial charge in [0.05, 0.1) is 10.5 Å². The van der Waals surface area contributed by atoms with Gasteiger partial charge in [-0.3, -0.25) is 10.1 Å². The van der Waals surface area contributed by atoms with Crippen LogP contribution in [-0.4, -0.2) is 10.9 Å². The van der Waals surface area contributed by atoms with Gasteiger partial charge in [-0.2, -0.15) is 0 Å². The Morgan fingerprint density at radius 3 is 2.55 bits per heavy atom. The van der Waals surface area contributed by atoms with E-state index in [1.165, 1.54) is 25.1 Å². The molecule has 0 fully saturated rings. The van der Waals surface area contributed by atoms with E-state index in [1.807, 2.05) is 0 Å². The first kappa shape index (κ1) is 15.6. The van der Waals surface area contributed by atoms with Gasteiger partial charge < -0.3 is 4.74 Å². The van der Waals surface area contributed by atoms with E-state index in [0.29, 0.717) is 5.56 Å². The predicted octanol–water partition coefficient (Wildman–Crippen LogP) is 3.79. The minimum absolute atomic E-state index is 0.131. The normalized spacial score (nSPS) is 11.8. The number of nitrogens with zero attached hydrogens (tertiary/aromatic N) is 1. The van der Waals surface area contributed by atoms with Crippen LogP contribution in [0.3, 0.4) is 0 Å². The molecule has 0 saturated carbocycles. The number of ether oxygens (including phenoxy) is 1. The highest BCUT2D eigenvalue weighted by Gasteiger charge is 2.17. The highest BCUT2D eigenvalue weighted by atomic mass is 19.2. The molecule has 1 unspecified atom stereocenters. The average Bonchev–Trinajstić information content (AvgIpc) is 2.50. The number of benzene rings is 2. The van der Waals surface area contributed by atoms with Gasteiger partial charge in [-0.15, -0.1) is 0 Å². The molecule has 0 radical (unpaired) electrons. The Hall–Kier alpha value is -2.83. The first-order valence-corrected chi connectivity index (χ1v) is 6.29. The van der Waals surface area contributed by atoms with Crippen LogP contribution in [0.15, 0.2) is 42.5 Å². The molecule has 0 heterocycles. The van der Waals surface area contributed by atoms with Gasteiger partial charge in [-0.1, -0.05) is 12.1 Å². The molecule has 1 atom stereocenters. The monoisotopic (exact) mass is 307 g/mol. The van der Waals surface area contributed by atoms with Crippen LogP contribution in [0.1, 0.15) is 28.9 Å². The second kappa shape index (κ2) is 6.30. The Bertz CT molecular complexity index is 733. The second-order valence-corrected chi connectivity index (χ2v) is 4.53. The zero-order valence-corrected chi connectivity index (χ0v) is 11.5. The molecule has 0 spiro atoms. The van der Waals surface area contributed by atoms with Crippen molar-refractivity contribution in [3.8, 4) is 0 Å². The fourth-order valence-electron chi connectivity index (χ4n) is 1.81. The van der Waals surface area contributed by atoms with Crippen molar-refractivity contribution in [3.63, 3.8) is 0 Å². The smallest absolute Gasteiger partial charge is 0.338 e. The summed E-state index contributed by atoms with van der Waals surface area (Å²) in [5.74, 6) is -3.07. The highest BCUT2D eigenvalue weighted by molar-refractivity contribution is 5.89. The molecule has 7 heteroatoms. The number of carbonyl (C=O) groups is 1. The minimum atomic E-state index is -1.16. The topological polar surface area (TPSA) is 69.4 Å². The molecule has 5 nitrogen and oxygen atoms in total. The van der Waals surface area contributed by atoms with Gasteiger partial charge in [0.2, 0.25) is 0 Å². The first-order valence-electron chi connectivity index (χ1n) is 6.29. The number of carbonyl (C=O) groups excluding carboxylic acids is 1. The second-order valence-electron chi connectivity index (χ2n) is 4.53. The Kier molecular flexibility index (Phi) is 4.45. The van der Waals surface area contributed by atoms with Crippen molar-refractivity contribution in [2.75, 3.05) is 0 Å². The zero-order valence-electron chi connectivity index (χ0n) is 11.5. The molecule has 114 valence electrons. The predicted molar refractivity (Wildman–Crippen MR) is 73.3 cm³/mol. The highest BCUT2D eigenvalue weighted by Crippen LogP contribution is 2.23. The largest absolute Gasteiger partial charge is 0.454 e. The molecule has 0 N–H and O–H groups in total. The fourth-order valence-corrected chi connectivity index (χ4v) is 1.81. The standard InChI is InChI=1S/C15H11F2NO4/c1-9(10-3-2-4-12(7-10)18(20)21)22-15(19)11-5-6-13(16)14(17)8-11/h2-9H,1H3. The number of halogens is 2. The van der Waals surface area contributed by atoms with Crippen LogP contribution in [0, 0.1) is 21.7 Å². The summed E-state index contributed by atoms with van der Waals surface area (Å²) in [6.45, 7) is 1.52. The zero-order chi connectivity index (χ0) is 16.3. The maximum absolute atomic E-state index is 13.1. The maximum Gasteiger partial charge on any atom is 0.338 e. The van der Waals surface area contributed by atoms with Crippen LogP contribution in [-0.2, 0) is 4.74 Å². The van der Waals surface area contributed by atoms with Gasteiger partial charge in [0.15, 0.2) is 11.6 Å². The van der Waals surface area contributed by atoms with E-state index in [1.54, 1.807) is 6.07 Å². The summed E-state index contributed by atoms with van der Waals surface area (Å²) in [5.41, 5.74) is 0.148. The molecule has 0 bridgehead atoms. The van der Waals surface area contributed by atoms with E-state index in [0.717, 1.165) is 18.2 Å². The number of hydrogen-bond donors (Lipinski definition) is 0. The van der Waals surface area contributed by atoms with Crippen molar-refractivity contribution >= 4 is 11.7 Å². The van der Waals surface area contributed by atoms with Crippen LogP contribution >= 0.6 is 0 Å². The van der Waals surface area contributed by atoms with Gasteiger partial charge in [0.25, 0.3) is 5.69 Å². The van der Waals surface area contributed by atoms with E-state index in [9.17, 15) is 23.7 Å². The van der Waals surface area contributed by atoms with E-state index < -0.39 is 28.6 Å². The summed E-state index contributed by atoms with van der Waals surface area (Å²) in [4.78, 5) is 22.0. The van der Waals surface area contributed by atoms with Crippen molar-refractivity contribution in [1.29, 1.82) is 0 Å². The lowest BCUT2D eigenvalue weighted by atomic mass is 10.1. The van der Waals surface area contributed by atoms with E-state index in [4.69, 9.17) is 4.74 Å². The molecule has 0 aliphatic carbocycles. The molecular weight excluding hydrogens is 296 g/mol.